The number of nitrogens with one attached hydrogen (secondary N) is 1. The van der Waals surface area contributed by atoms with Crippen LogP contribution in [-0.2, 0) is 9.84 Å². The monoisotopic (exact) mass is 270 g/mol. The molecule has 0 bridgehead atoms. The van der Waals surface area contributed by atoms with Gasteiger partial charge in [0.25, 0.3) is 0 Å². The van der Waals surface area contributed by atoms with Gasteiger partial charge >= 0.3 is 0 Å². The Balaban J connectivity index is 2.77. The smallest absolute Gasteiger partial charge is 0.147 e. The summed E-state index contributed by atoms with van der Waals surface area (Å²) in [4.78, 5) is 4.47. The molecule has 0 spiro atoms. The fourth-order valence-corrected chi connectivity index (χ4v) is 2.43. The molecule has 0 radical (unpaired) electrons. The maximum Gasteiger partial charge on any atom is 0.147 e. The van der Waals surface area contributed by atoms with E-state index in [4.69, 9.17) is 0 Å². The number of nitrogens with zero attached hydrogens (tertiary/aromatic N) is 1. The molecule has 0 aromatic carbocycles. The van der Waals surface area contributed by atoms with Crippen LogP contribution in [0.4, 0.5) is 0 Å². The molecule has 0 amide bonds. The molecular weight excluding hydrogens is 248 g/mol. The molecule has 1 aromatic rings. The molecule has 4 nitrogen and oxygen atoms in total. The number of sulfone groups is 1. The Labute approximate surface area is 110 Å². The summed E-state index contributed by atoms with van der Waals surface area (Å²) in [5, 5.41) is 3.36. The highest BCUT2D eigenvalue weighted by atomic mass is 32.2. The normalized spacial score (nSPS) is 13.5. The minimum absolute atomic E-state index is 0.0135. The van der Waals surface area contributed by atoms with Crippen molar-refractivity contribution in [3.8, 4) is 0 Å². The van der Waals surface area contributed by atoms with E-state index in [1.54, 1.807) is 0 Å². The maximum atomic E-state index is 11.3. The van der Waals surface area contributed by atoms with E-state index in [2.05, 4.69) is 17.2 Å². The molecule has 1 unspecified atom stereocenters. The highest BCUT2D eigenvalue weighted by Gasteiger charge is 2.15. The van der Waals surface area contributed by atoms with Gasteiger partial charge in [0, 0.05) is 11.9 Å². The first kappa shape index (κ1) is 15.1. The minimum Gasteiger partial charge on any atom is -0.309 e. The Morgan fingerprint density at radius 2 is 2.11 bits per heavy atom. The van der Waals surface area contributed by atoms with Gasteiger partial charge in [0.1, 0.15) is 9.84 Å². The Morgan fingerprint density at radius 1 is 1.39 bits per heavy atom. The van der Waals surface area contributed by atoms with Crippen LogP contribution < -0.4 is 5.32 Å². The summed E-state index contributed by atoms with van der Waals surface area (Å²) in [7, 11) is -2.93. The number of hydrogen-bond donors (Lipinski definition) is 1. The summed E-state index contributed by atoms with van der Waals surface area (Å²) in [6.45, 7) is 4.89. The second-order valence-corrected chi connectivity index (χ2v) is 6.89. The molecular formula is C13H22N2O2S. The van der Waals surface area contributed by atoms with Gasteiger partial charge in [-0.2, -0.15) is 0 Å². The standard InChI is InChI=1S/C13H22N2O2S/c1-4-9-14-12(8-10-18(3,16)17)13-7-5-6-11(2)15-13/h5-7,12,14H,4,8-10H2,1-3H3. The molecule has 18 heavy (non-hydrogen) atoms. The summed E-state index contributed by atoms with van der Waals surface area (Å²) in [6, 6.07) is 5.86. The van der Waals surface area contributed by atoms with E-state index in [0.29, 0.717) is 6.42 Å². The van der Waals surface area contributed by atoms with Gasteiger partial charge in [0.05, 0.1) is 17.5 Å². The van der Waals surface area contributed by atoms with Crippen LogP contribution in [0.3, 0.4) is 0 Å². The van der Waals surface area contributed by atoms with Gasteiger partial charge in [-0.1, -0.05) is 13.0 Å². The molecule has 1 N–H and O–H groups in total. The number of hydrogen-bond acceptors (Lipinski definition) is 4. The number of aryl methyl sites for hydroxylation is 1. The zero-order chi connectivity index (χ0) is 13.6. The lowest BCUT2D eigenvalue weighted by Crippen LogP contribution is -2.25. The highest BCUT2D eigenvalue weighted by Crippen LogP contribution is 2.16. The van der Waals surface area contributed by atoms with Crippen LogP contribution in [0, 0.1) is 6.92 Å². The van der Waals surface area contributed by atoms with Gasteiger partial charge in [-0.05, 0) is 38.4 Å². The number of rotatable bonds is 7. The van der Waals surface area contributed by atoms with Crippen LogP contribution in [0.25, 0.3) is 0 Å². The Kier molecular flexibility index (Phi) is 5.75. The summed E-state index contributed by atoms with van der Waals surface area (Å²) < 4.78 is 22.5. The van der Waals surface area contributed by atoms with Crippen molar-refractivity contribution < 1.29 is 8.42 Å². The predicted octanol–water partition coefficient (Wildman–Crippen LogP) is 1.87. The second-order valence-electron chi connectivity index (χ2n) is 4.63. The highest BCUT2D eigenvalue weighted by molar-refractivity contribution is 7.90. The van der Waals surface area contributed by atoms with Crippen molar-refractivity contribution in [3.05, 3.63) is 29.6 Å². The van der Waals surface area contributed by atoms with Crippen LogP contribution in [0.1, 0.15) is 37.2 Å². The van der Waals surface area contributed by atoms with Crippen LogP contribution >= 0.6 is 0 Å². The zero-order valence-electron chi connectivity index (χ0n) is 11.3. The second kappa shape index (κ2) is 6.85. The molecule has 0 saturated carbocycles. The Morgan fingerprint density at radius 3 is 2.67 bits per heavy atom. The number of aromatic nitrogens is 1. The van der Waals surface area contributed by atoms with Crippen molar-refractivity contribution in [1.29, 1.82) is 0 Å². The first-order chi connectivity index (χ1) is 8.42. The largest absolute Gasteiger partial charge is 0.309 e. The van der Waals surface area contributed by atoms with Crippen LogP contribution in [0.15, 0.2) is 18.2 Å². The summed E-state index contributed by atoms with van der Waals surface area (Å²) >= 11 is 0. The van der Waals surface area contributed by atoms with E-state index in [1.165, 1.54) is 6.26 Å². The van der Waals surface area contributed by atoms with Crippen LogP contribution in [0.2, 0.25) is 0 Å². The fraction of sp³-hybridized carbons (Fsp3) is 0.615. The third kappa shape index (κ3) is 5.60. The van der Waals surface area contributed by atoms with Gasteiger partial charge in [0.15, 0.2) is 0 Å². The summed E-state index contributed by atoms with van der Waals surface area (Å²) in [5.41, 5.74) is 1.88. The molecule has 0 fully saturated rings. The first-order valence-corrected chi connectivity index (χ1v) is 8.33. The summed E-state index contributed by atoms with van der Waals surface area (Å²) in [6.07, 6.45) is 2.85. The van der Waals surface area contributed by atoms with Gasteiger partial charge in [-0.15, -0.1) is 0 Å². The minimum atomic E-state index is -2.93. The number of pyridine rings is 1. The van der Waals surface area contributed by atoms with Gasteiger partial charge in [0.2, 0.25) is 0 Å². The molecule has 0 aliphatic carbocycles. The lowest BCUT2D eigenvalue weighted by atomic mass is 10.1. The Hall–Kier alpha value is -0.940. The molecule has 5 heteroatoms. The molecule has 1 rings (SSSR count). The van der Waals surface area contributed by atoms with Gasteiger partial charge in [-0.25, -0.2) is 8.42 Å². The molecule has 0 aliphatic heterocycles. The lowest BCUT2D eigenvalue weighted by Gasteiger charge is -2.18. The maximum absolute atomic E-state index is 11.3. The zero-order valence-corrected chi connectivity index (χ0v) is 12.1. The predicted molar refractivity (Wildman–Crippen MR) is 74.3 cm³/mol. The third-order valence-electron chi connectivity index (χ3n) is 2.68. The molecule has 1 heterocycles. The lowest BCUT2D eigenvalue weighted by molar-refractivity contribution is 0.502. The average molecular weight is 270 g/mol. The van der Waals surface area contributed by atoms with E-state index in [1.807, 2.05) is 25.1 Å². The molecule has 1 aromatic heterocycles. The van der Waals surface area contributed by atoms with Crippen molar-refractivity contribution in [1.82, 2.24) is 10.3 Å². The quantitative estimate of drug-likeness (QED) is 0.821. The topological polar surface area (TPSA) is 59.1 Å². The molecule has 0 saturated heterocycles. The SMILES string of the molecule is CCCNC(CCS(C)(=O)=O)c1cccc(C)n1. The van der Waals surface area contributed by atoms with Crippen molar-refractivity contribution in [2.75, 3.05) is 18.6 Å². The van der Waals surface area contributed by atoms with Gasteiger partial charge < -0.3 is 5.32 Å². The van der Waals surface area contributed by atoms with E-state index in [9.17, 15) is 8.42 Å². The van der Waals surface area contributed by atoms with Crippen molar-refractivity contribution in [3.63, 3.8) is 0 Å². The van der Waals surface area contributed by atoms with Crippen molar-refractivity contribution in [2.45, 2.75) is 32.7 Å². The summed E-state index contributed by atoms with van der Waals surface area (Å²) in [5.74, 6) is 0.185. The van der Waals surface area contributed by atoms with E-state index >= 15 is 0 Å². The van der Waals surface area contributed by atoms with Crippen LogP contribution in [0.5, 0.6) is 0 Å². The van der Waals surface area contributed by atoms with E-state index in [0.717, 1.165) is 24.4 Å². The first-order valence-electron chi connectivity index (χ1n) is 6.27. The fourth-order valence-electron chi connectivity index (χ4n) is 1.76. The Bertz CT molecular complexity index is 472. The molecule has 1 atom stereocenters. The van der Waals surface area contributed by atoms with Crippen LogP contribution in [-0.4, -0.2) is 32.0 Å². The van der Waals surface area contributed by atoms with E-state index < -0.39 is 9.84 Å². The van der Waals surface area contributed by atoms with E-state index in [-0.39, 0.29) is 11.8 Å². The van der Waals surface area contributed by atoms with Crippen molar-refractivity contribution in [2.24, 2.45) is 0 Å². The van der Waals surface area contributed by atoms with Gasteiger partial charge in [-0.3, -0.25) is 4.98 Å². The third-order valence-corrected chi connectivity index (χ3v) is 3.66. The molecule has 0 aliphatic rings. The average Bonchev–Trinajstić information content (AvgIpc) is 2.28. The molecule has 102 valence electrons. The van der Waals surface area contributed by atoms with Crippen molar-refractivity contribution >= 4 is 9.84 Å².